The van der Waals surface area contributed by atoms with Crippen LogP contribution in [-0.2, 0) is 4.57 Å². The van der Waals surface area contributed by atoms with Gasteiger partial charge in [-0.2, -0.15) is 0 Å². The topological polar surface area (TPSA) is 46.5 Å². The first-order valence-electron chi connectivity index (χ1n) is 7.41. The molecule has 4 rings (SSSR count). The van der Waals surface area contributed by atoms with Gasteiger partial charge >= 0.3 is 7.37 Å². The standard InChI is InChI=1S/C19H15O3P/c20-19(14-8-2-1-3-9-14)23(21)18-13-7-5-11-16(18)15-10-4-6-12-17(15)22-23/h1-13,19-20H. The quantitative estimate of drug-likeness (QED) is 0.714. The van der Waals surface area contributed by atoms with Crippen LogP contribution in [0.4, 0.5) is 0 Å². The van der Waals surface area contributed by atoms with Crippen LogP contribution in [0.5, 0.6) is 5.75 Å². The van der Waals surface area contributed by atoms with Crippen molar-refractivity contribution < 1.29 is 14.2 Å². The molecule has 0 amide bonds. The van der Waals surface area contributed by atoms with Crippen LogP contribution in [0.1, 0.15) is 11.4 Å². The fourth-order valence-electron chi connectivity index (χ4n) is 2.94. The Morgan fingerprint density at radius 2 is 1.39 bits per heavy atom. The van der Waals surface area contributed by atoms with E-state index in [2.05, 4.69) is 0 Å². The number of para-hydroxylation sites is 1. The number of aliphatic hydroxyl groups is 1. The highest BCUT2D eigenvalue weighted by atomic mass is 31.2. The Morgan fingerprint density at radius 3 is 2.17 bits per heavy atom. The van der Waals surface area contributed by atoms with Gasteiger partial charge in [0.15, 0.2) is 5.85 Å². The van der Waals surface area contributed by atoms with E-state index in [1.54, 1.807) is 24.3 Å². The van der Waals surface area contributed by atoms with Gasteiger partial charge in [-0.3, -0.25) is 4.57 Å². The van der Waals surface area contributed by atoms with Crippen molar-refractivity contribution in [3.8, 4) is 16.9 Å². The summed E-state index contributed by atoms with van der Waals surface area (Å²) in [6, 6.07) is 23.9. The molecule has 1 heterocycles. The molecule has 0 radical (unpaired) electrons. The fraction of sp³-hybridized carbons (Fsp3) is 0.0526. The van der Waals surface area contributed by atoms with Crippen LogP contribution >= 0.6 is 7.37 Å². The molecule has 4 heteroatoms. The van der Waals surface area contributed by atoms with E-state index < -0.39 is 13.2 Å². The zero-order valence-electron chi connectivity index (χ0n) is 12.3. The van der Waals surface area contributed by atoms with Crippen molar-refractivity contribution in [3.63, 3.8) is 0 Å². The normalized spacial score (nSPS) is 20.0. The lowest BCUT2D eigenvalue weighted by molar-refractivity contribution is 0.240. The molecule has 23 heavy (non-hydrogen) atoms. The number of hydrogen-bond acceptors (Lipinski definition) is 3. The van der Waals surface area contributed by atoms with Crippen LogP contribution in [0, 0.1) is 0 Å². The molecule has 3 aromatic carbocycles. The van der Waals surface area contributed by atoms with Gasteiger partial charge in [0.05, 0.1) is 5.30 Å². The smallest absolute Gasteiger partial charge is 0.310 e. The molecule has 0 spiro atoms. The second-order valence-corrected chi connectivity index (χ2v) is 7.83. The van der Waals surface area contributed by atoms with Gasteiger partial charge in [0, 0.05) is 5.56 Å². The van der Waals surface area contributed by atoms with Crippen LogP contribution in [-0.4, -0.2) is 5.11 Å². The second kappa shape index (κ2) is 5.38. The molecule has 0 bridgehead atoms. The maximum Gasteiger partial charge on any atom is 0.310 e. The third kappa shape index (κ3) is 2.21. The lowest BCUT2D eigenvalue weighted by Gasteiger charge is -2.31. The minimum absolute atomic E-state index is 0.546. The van der Waals surface area contributed by atoms with Gasteiger partial charge in [-0.15, -0.1) is 0 Å². The molecule has 1 aliphatic rings. The average Bonchev–Trinajstić information content (AvgIpc) is 2.62. The van der Waals surface area contributed by atoms with Crippen LogP contribution < -0.4 is 9.83 Å². The summed E-state index contributed by atoms with van der Waals surface area (Å²) < 4.78 is 19.5. The summed E-state index contributed by atoms with van der Waals surface area (Å²) in [4.78, 5) is 0. The van der Waals surface area contributed by atoms with E-state index in [0.29, 0.717) is 16.6 Å². The molecule has 2 atom stereocenters. The molecule has 0 saturated carbocycles. The van der Waals surface area contributed by atoms with Crippen molar-refractivity contribution in [2.45, 2.75) is 5.85 Å². The van der Waals surface area contributed by atoms with Gasteiger partial charge in [0.25, 0.3) is 0 Å². The fourth-order valence-corrected chi connectivity index (χ4v) is 5.24. The highest BCUT2D eigenvalue weighted by Gasteiger charge is 2.42. The van der Waals surface area contributed by atoms with Crippen molar-refractivity contribution in [3.05, 3.63) is 84.4 Å². The summed E-state index contributed by atoms with van der Waals surface area (Å²) in [5, 5.41) is 11.4. The molecular weight excluding hydrogens is 307 g/mol. The molecule has 3 aromatic rings. The largest absolute Gasteiger partial charge is 0.437 e. The summed E-state index contributed by atoms with van der Waals surface area (Å²) in [5.74, 6) is -0.650. The van der Waals surface area contributed by atoms with Crippen LogP contribution in [0.3, 0.4) is 0 Å². The Hall–Kier alpha value is -2.35. The predicted molar refractivity (Wildman–Crippen MR) is 91.1 cm³/mol. The van der Waals surface area contributed by atoms with E-state index in [1.807, 2.05) is 54.6 Å². The van der Waals surface area contributed by atoms with Crippen LogP contribution in [0.15, 0.2) is 78.9 Å². The lowest BCUT2D eigenvalue weighted by Crippen LogP contribution is -2.22. The second-order valence-electron chi connectivity index (χ2n) is 5.49. The first-order valence-corrected chi connectivity index (χ1v) is 9.11. The van der Waals surface area contributed by atoms with Crippen molar-refractivity contribution in [1.82, 2.24) is 0 Å². The first kappa shape index (κ1) is 14.3. The zero-order valence-corrected chi connectivity index (χ0v) is 13.2. The maximum atomic E-state index is 13.6. The monoisotopic (exact) mass is 322 g/mol. The third-order valence-corrected chi connectivity index (χ3v) is 6.54. The molecule has 0 aliphatic carbocycles. The summed E-state index contributed by atoms with van der Waals surface area (Å²) in [6.07, 6.45) is 0. The number of fused-ring (bicyclic) bond motifs is 3. The van der Waals surface area contributed by atoms with E-state index >= 15 is 0 Å². The van der Waals surface area contributed by atoms with Crippen molar-refractivity contribution in [2.75, 3.05) is 0 Å². The number of hydrogen-bond donors (Lipinski definition) is 1. The third-order valence-electron chi connectivity index (χ3n) is 4.07. The number of benzene rings is 3. The Balaban J connectivity index is 1.92. The predicted octanol–water partition coefficient (Wildman–Crippen LogP) is 4.34. The lowest BCUT2D eigenvalue weighted by atomic mass is 10.0. The molecule has 114 valence electrons. The Labute approximate surface area is 134 Å². The van der Waals surface area contributed by atoms with E-state index in [1.165, 1.54) is 0 Å². The molecule has 3 nitrogen and oxygen atoms in total. The molecule has 1 aliphatic heterocycles. The summed E-state index contributed by atoms with van der Waals surface area (Å²) in [7, 11) is -3.49. The number of aliphatic hydroxyl groups excluding tert-OH is 1. The summed E-state index contributed by atoms with van der Waals surface area (Å²) >= 11 is 0. The highest BCUT2D eigenvalue weighted by Crippen LogP contribution is 2.62. The maximum absolute atomic E-state index is 13.6. The molecule has 0 aromatic heterocycles. The van der Waals surface area contributed by atoms with Gasteiger partial charge in [0.2, 0.25) is 0 Å². The van der Waals surface area contributed by atoms with E-state index in [0.717, 1.165) is 11.1 Å². The molecule has 0 fully saturated rings. The molecule has 2 unspecified atom stereocenters. The van der Waals surface area contributed by atoms with E-state index in [9.17, 15) is 9.67 Å². The van der Waals surface area contributed by atoms with Crippen molar-refractivity contribution in [1.29, 1.82) is 0 Å². The summed E-state index contributed by atoms with van der Waals surface area (Å²) in [5.41, 5.74) is 2.34. The Bertz CT molecular complexity index is 905. The van der Waals surface area contributed by atoms with Crippen molar-refractivity contribution in [2.24, 2.45) is 0 Å². The zero-order chi connectivity index (χ0) is 15.9. The van der Waals surface area contributed by atoms with Gasteiger partial charge in [-0.25, -0.2) is 0 Å². The minimum Gasteiger partial charge on any atom is -0.437 e. The van der Waals surface area contributed by atoms with E-state index in [4.69, 9.17) is 4.52 Å². The molecular formula is C19H15O3P. The minimum atomic E-state index is -3.49. The van der Waals surface area contributed by atoms with E-state index in [-0.39, 0.29) is 0 Å². The Morgan fingerprint density at radius 1 is 0.783 bits per heavy atom. The van der Waals surface area contributed by atoms with Crippen LogP contribution in [0.2, 0.25) is 0 Å². The van der Waals surface area contributed by atoms with Gasteiger partial charge < -0.3 is 9.63 Å². The average molecular weight is 322 g/mol. The number of rotatable bonds is 2. The van der Waals surface area contributed by atoms with Gasteiger partial charge in [-0.1, -0.05) is 66.7 Å². The molecule has 0 saturated heterocycles. The molecule has 1 N–H and O–H groups in total. The summed E-state index contributed by atoms with van der Waals surface area (Å²) in [6.45, 7) is 0. The van der Waals surface area contributed by atoms with Gasteiger partial charge in [-0.05, 0) is 23.3 Å². The van der Waals surface area contributed by atoms with Crippen LogP contribution in [0.25, 0.3) is 11.1 Å². The SMILES string of the molecule is O=P1(C(O)c2ccccc2)Oc2ccccc2-c2ccccc21. The van der Waals surface area contributed by atoms with Crippen molar-refractivity contribution >= 4 is 12.7 Å². The Kier molecular flexibility index (Phi) is 3.33. The highest BCUT2D eigenvalue weighted by molar-refractivity contribution is 7.68. The first-order chi connectivity index (χ1) is 11.2. The van der Waals surface area contributed by atoms with Gasteiger partial charge in [0.1, 0.15) is 5.75 Å².